The lowest BCUT2D eigenvalue weighted by Gasteiger charge is -2.59. The zero-order chi connectivity index (χ0) is 17.4. The van der Waals surface area contributed by atoms with Gasteiger partial charge >= 0.3 is 0 Å². The highest BCUT2D eigenvalue weighted by atomic mass is 19.1. The van der Waals surface area contributed by atoms with Crippen LogP contribution in [0, 0.1) is 34.5 Å². The van der Waals surface area contributed by atoms with E-state index in [1.165, 1.54) is 0 Å². The molecule has 7 atom stereocenters. The normalized spacial score (nSPS) is 50.9. The van der Waals surface area contributed by atoms with Crippen molar-refractivity contribution < 1.29 is 14.0 Å². The molecule has 4 rings (SSSR count). The average molecular weight is 330 g/mol. The molecule has 24 heavy (non-hydrogen) atoms. The summed E-state index contributed by atoms with van der Waals surface area (Å²) in [4.78, 5) is 24.5. The van der Waals surface area contributed by atoms with E-state index in [2.05, 4.69) is 20.4 Å². The van der Waals surface area contributed by atoms with Crippen molar-refractivity contribution in [3.8, 4) is 0 Å². The summed E-state index contributed by atoms with van der Waals surface area (Å²) in [5, 5.41) is 0. The first-order valence-corrected chi connectivity index (χ1v) is 9.31. The van der Waals surface area contributed by atoms with Crippen molar-refractivity contribution >= 4 is 11.6 Å². The summed E-state index contributed by atoms with van der Waals surface area (Å²) < 4.78 is 14.2. The molecule has 0 spiro atoms. The molecule has 0 aromatic rings. The standard InChI is InChI=1S/C21H27FO2/c1-11-7-14-15(21(4)12(2)8-13(23)9-16(11)21)5-6-20(3)17(14)10-18(22)19(20)24/h9,12,14-15,17-18H,1,5-8,10H2,2-4H3/t12-,14-,15+,17+,18+,20+,21-/m1/s1. The summed E-state index contributed by atoms with van der Waals surface area (Å²) >= 11 is 0. The predicted molar refractivity (Wildman–Crippen MR) is 91.1 cm³/mol. The van der Waals surface area contributed by atoms with Crippen molar-refractivity contribution in [2.45, 2.75) is 59.0 Å². The molecular weight excluding hydrogens is 303 g/mol. The van der Waals surface area contributed by atoms with Gasteiger partial charge in [0, 0.05) is 11.8 Å². The molecule has 2 nitrogen and oxygen atoms in total. The van der Waals surface area contributed by atoms with Gasteiger partial charge in [-0.2, -0.15) is 0 Å². The minimum Gasteiger partial charge on any atom is -0.296 e. The molecule has 3 saturated carbocycles. The maximum atomic E-state index is 14.2. The van der Waals surface area contributed by atoms with Gasteiger partial charge in [0.15, 0.2) is 17.7 Å². The fourth-order valence-corrected chi connectivity index (χ4v) is 6.66. The van der Waals surface area contributed by atoms with Gasteiger partial charge in [-0.3, -0.25) is 9.59 Å². The molecule has 0 N–H and O–H groups in total. The Balaban J connectivity index is 1.79. The SMILES string of the molecule is C=C1C[C@@H]2[C@H](CC[C@]3(C)C(=O)[C@@H](F)C[C@@H]23)[C@]2(C)C1=CC(=O)C[C@H]2C. The van der Waals surface area contributed by atoms with Crippen molar-refractivity contribution in [2.24, 2.45) is 34.5 Å². The number of hydrogen-bond donors (Lipinski definition) is 0. The van der Waals surface area contributed by atoms with Crippen LogP contribution in [0.5, 0.6) is 0 Å². The largest absolute Gasteiger partial charge is 0.296 e. The fourth-order valence-electron chi connectivity index (χ4n) is 6.66. The lowest BCUT2D eigenvalue weighted by molar-refractivity contribution is -0.135. The third-order valence-electron chi connectivity index (χ3n) is 8.18. The number of allylic oxidation sites excluding steroid dienone is 2. The van der Waals surface area contributed by atoms with E-state index in [1.54, 1.807) is 0 Å². The maximum absolute atomic E-state index is 14.2. The Labute approximate surface area is 143 Å². The van der Waals surface area contributed by atoms with Crippen molar-refractivity contribution in [1.29, 1.82) is 0 Å². The van der Waals surface area contributed by atoms with Gasteiger partial charge in [0.2, 0.25) is 0 Å². The van der Waals surface area contributed by atoms with Gasteiger partial charge in [0.05, 0.1) is 0 Å². The molecule has 3 fully saturated rings. The summed E-state index contributed by atoms with van der Waals surface area (Å²) in [6.45, 7) is 10.7. The quantitative estimate of drug-likeness (QED) is 0.658. The number of alkyl halides is 1. The summed E-state index contributed by atoms with van der Waals surface area (Å²) in [6, 6.07) is 0. The predicted octanol–water partition coefficient (Wildman–Crippen LogP) is 4.45. The van der Waals surface area contributed by atoms with E-state index < -0.39 is 11.6 Å². The number of ketones is 2. The molecule has 130 valence electrons. The zero-order valence-electron chi connectivity index (χ0n) is 14.9. The summed E-state index contributed by atoms with van der Waals surface area (Å²) in [7, 11) is 0. The maximum Gasteiger partial charge on any atom is 0.173 e. The molecule has 0 heterocycles. The Kier molecular flexibility index (Phi) is 3.31. The molecule has 0 aliphatic heterocycles. The average Bonchev–Trinajstić information content (AvgIpc) is 2.74. The fraction of sp³-hybridized carbons (Fsp3) is 0.714. The third-order valence-corrected chi connectivity index (χ3v) is 8.18. The molecule has 0 bridgehead atoms. The molecular formula is C21H27FO2. The van der Waals surface area contributed by atoms with E-state index in [0.717, 1.165) is 30.4 Å². The van der Waals surface area contributed by atoms with E-state index in [1.807, 2.05) is 13.0 Å². The monoisotopic (exact) mass is 330 g/mol. The second-order valence-corrected chi connectivity index (χ2v) is 9.12. The van der Waals surface area contributed by atoms with Gasteiger partial charge in [0.1, 0.15) is 0 Å². The Morgan fingerprint density at radius 1 is 1.21 bits per heavy atom. The number of fused-ring (bicyclic) bond motifs is 5. The van der Waals surface area contributed by atoms with E-state index in [-0.39, 0.29) is 28.8 Å². The van der Waals surface area contributed by atoms with Crippen LogP contribution in [0.15, 0.2) is 23.8 Å². The van der Waals surface area contributed by atoms with Crippen molar-refractivity contribution in [3.63, 3.8) is 0 Å². The van der Waals surface area contributed by atoms with Crippen LogP contribution in [0.4, 0.5) is 4.39 Å². The van der Waals surface area contributed by atoms with Gasteiger partial charge in [-0.05, 0) is 66.4 Å². The minimum absolute atomic E-state index is 0.0628. The van der Waals surface area contributed by atoms with Crippen molar-refractivity contribution in [2.75, 3.05) is 0 Å². The molecule has 0 radical (unpaired) electrons. The first-order valence-electron chi connectivity index (χ1n) is 9.31. The molecule has 0 aromatic carbocycles. The van der Waals surface area contributed by atoms with E-state index >= 15 is 0 Å². The zero-order valence-corrected chi connectivity index (χ0v) is 14.9. The molecule has 4 aliphatic carbocycles. The Hall–Kier alpha value is -1.25. The highest BCUT2D eigenvalue weighted by molar-refractivity contribution is 5.93. The second-order valence-electron chi connectivity index (χ2n) is 9.12. The van der Waals surface area contributed by atoms with Gasteiger partial charge in [-0.25, -0.2) is 4.39 Å². The molecule has 4 aliphatic rings. The van der Waals surface area contributed by atoms with Crippen LogP contribution in [0.3, 0.4) is 0 Å². The highest BCUT2D eigenvalue weighted by Gasteiger charge is 2.63. The molecule has 0 amide bonds. The van der Waals surface area contributed by atoms with E-state index in [9.17, 15) is 14.0 Å². The topological polar surface area (TPSA) is 34.1 Å². The van der Waals surface area contributed by atoms with Crippen LogP contribution >= 0.6 is 0 Å². The van der Waals surface area contributed by atoms with Crippen LogP contribution in [0.25, 0.3) is 0 Å². The number of halogens is 1. The van der Waals surface area contributed by atoms with Gasteiger partial charge in [0.25, 0.3) is 0 Å². The Bertz CT molecular complexity index is 677. The summed E-state index contributed by atoms with van der Waals surface area (Å²) in [5.41, 5.74) is 1.62. The number of hydrogen-bond acceptors (Lipinski definition) is 2. The van der Waals surface area contributed by atoms with E-state index in [4.69, 9.17) is 0 Å². The van der Waals surface area contributed by atoms with Crippen LogP contribution in [0.1, 0.15) is 52.9 Å². The smallest absolute Gasteiger partial charge is 0.173 e. The number of carbonyl (C=O) groups excluding carboxylic acids is 2. The number of Topliss-reactive ketones (excluding diaryl/α,β-unsaturated/α-hetero) is 1. The Morgan fingerprint density at radius 3 is 2.62 bits per heavy atom. The highest BCUT2D eigenvalue weighted by Crippen LogP contribution is 2.66. The van der Waals surface area contributed by atoms with Crippen molar-refractivity contribution in [3.05, 3.63) is 23.8 Å². The first kappa shape index (κ1) is 16.2. The lowest BCUT2D eigenvalue weighted by atomic mass is 9.45. The molecule has 0 saturated heterocycles. The van der Waals surface area contributed by atoms with Crippen LogP contribution in [-0.2, 0) is 9.59 Å². The van der Waals surface area contributed by atoms with Gasteiger partial charge in [-0.15, -0.1) is 0 Å². The van der Waals surface area contributed by atoms with Gasteiger partial charge in [-0.1, -0.05) is 32.9 Å². The molecule has 3 heteroatoms. The summed E-state index contributed by atoms with van der Waals surface area (Å²) in [6.07, 6.45) is 4.05. The first-order chi connectivity index (χ1) is 11.2. The molecule has 0 unspecified atom stereocenters. The minimum atomic E-state index is -1.29. The van der Waals surface area contributed by atoms with E-state index in [0.29, 0.717) is 24.7 Å². The van der Waals surface area contributed by atoms with Crippen LogP contribution in [-0.4, -0.2) is 17.7 Å². The number of carbonyl (C=O) groups is 2. The molecule has 0 aromatic heterocycles. The second kappa shape index (κ2) is 4.89. The van der Waals surface area contributed by atoms with Gasteiger partial charge < -0.3 is 0 Å². The Morgan fingerprint density at radius 2 is 1.92 bits per heavy atom. The van der Waals surface area contributed by atoms with Crippen molar-refractivity contribution in [1.82, 2.24) is 0 Å². The van der Waals surface area contributed by atoms with Crippen LogP contribution < -0.4 is 0 Å². The summed E-state index contributed by atoms with van der Waals surface area (Å²) in [5.74, 6) is 1.17. The van der Waals surface area contributed by atoms with Crippen LogP contribution in [0.2, 0.25) is 0 Å². The lowest BCUT2D eigenvalue weighted by Crippen LogP contribution is -2.53. The number of rotatable bonds is 0. The third kappa shape index (κ3) is 1.82.